The van der Waals surface area contributed by atoms with Gasteiger partial charge in [0.2, 0.25) is 0 Å². The van der Waals surface area contributed by atoms with Gasteiger partial charge in [0.1, 0.15) is 5.70 Å². The maximum atomic E-state index is 13.4. The normalized spacial score (nSPS) is 16.2. The van der Waals surface area contributed by atoms with E-state index in [2.05, 4.69) is 77.3 Å². The molecule has 44 heavy (non-hydrogen) atoms. The first-order valence-electron chi connectivity index (χ1n) is 15.9. The maximum Gasteiger partial charge on any atom is 0.430 e. The molecule has 0 spiro atoms. The molecule has 0 radical (unpaired) electrons. The number of nitrogens with two attached hydrogens (primary N) is 1. The third-order valence-electron chi connectivity index (χ3n) is 7.87. The Morgan fingerprint density at radius 1 is 0.886 bits per heavy atom. The molecule has 1 atom stereocenters. The molecule has 3 aromatic rings. The van der Waals surface area contributed by atoms with Crippen molar-refractivity contribution >= 4 is 22.8 Å². The fourth-order valence-corrected chi connectivity index (χ4v) is 5.33. The Hall–Kier alpha value is -3.65. The van der Waals surface area contributed by atoms with E-state index in [1.165, 1.54) is 36.8 Å². The lowest BCUT2D eigenvalue weighted by Crippen LogP contribution is -2.24. The van der Waals surface area contributed by atoms with Crippen LogP contribution in [0.25, 0.3) is 0 Å². The van der Waals surface area contributed by atoms with Crippen molar-refractivity contribution in [2.75, 3.05) is 18.1 Å². The van der Waals surface area contributed by atoms with Crippen molar-refractivity contribution < 1.29 is 17.9 Å². The highest BCUT2D eigenvalue weighted by Crippen LogP contribution is 2.35. The number of rotatable bonds is 14. The monoisotopic (exact) mass is 606 g/mol. The summed E-state index contributed by atoms with van der Waals surface area (Å²) in [6, 6.07) is 20.5. The molecule has 2 heterocycles. The average molecular weight is 607 g/mol. The van der Waals surface area contributed by atoms with Gasteiger partial charge in [0.05, 0.1) is 35.9 Å². The highest BCUT2D eigenvalue weighted by Gasteiger charge is 2.32. The maximum absolute atomic E-state index is 13.4. The molecule has 0 saturated carbocycles. The largest absolute Gasteiger partial charge is 0.430 e. The molecule has 1 saturated heterocycles. The van der Waals surface area contributed by atoms with Crippen molar-refractivity contribution in [3.8, 4) is 0 Å². The van der Waals surface area contributed by atoms with Crippen molar-refractivity contribution in [2.45, 2.75) is 90.3 Å². The highest BCUT2D eigenvalue weighted by atomic mass is 19.4. The van der Waals surface area contributed by atoms with E-state index in [1.807, 2.05) is 6.07 Å². The van der Waals surface area contributed by atoms with Crippen LogP contribution in [0.15, 0.2) is 83.6 Å². The van der Waals surface area contributed by atoms with E-state index >= 15 is 0 Å². The summed E-state index contributed by atoms with van der Waals surface area (Å²) in [5.74, 6) is 0. The smallest absolute Gasteiger partial charge is 0.395 e. The van der Waals surface area contributed by atoms with Crippen LogP contribution in [-0.2, 0) is 17.6 Å². The zero-order valence-electron chi connectivity index (χ0n) is 26.0. The number of benzene rings is 2. The van der Waals surface area contributed by atoms with Gasteiger partial charge in [-0.2, -0.15) is 13.2 Å². The summed E-state index contributed by atoms with van der Waals surface area (Å²) in [7, 11) is 0. The molecule has 236 valence electrons. The Balaban J connectivity index is 1.67. The van der Waals surface area contributed by atoms with Gasteiger partial charge >= 0.3 is 6.18 Å². The number of alkyl halides is 3. The summed E-state index contributed by atoms with van der Waals surface area (Å²) in [4.78, 5) is 11.3. The first-order valence-corrected chi connectivity index (χ1v) is 15.9. The standard InChI is InChI=1S/C36H45F3N4O/c1-3-5-7-10-27-13-17-30(18-14-27)43(31-19-15-28(16-20-31)11-8-6-4-2)32-21-22-33(41-25-32)34(24-35(40)36(37,38)39)42-29-12-9-23-44-26-29/h13-22,24-25,29H,3-12,23,26,40H2,1-2H3. The lowest BCUT2D eigenvalue weighted by atomic mass is 10.0. The first-order chi connectivity index (χ1) is 21.3. The topological polar surface area (TPSA) is 63.7 Å². The minimum Gasteiger partial charge on any atom is -0.395 e. The van der Waals surface area contributed by atoms with E-state index in [-0.39, 0.29) is 11.8 Å². The Morgan fingerprint density at radius 3 is 1.91 bits per heavy atom. The summed E-state index contributed by atoms with van der Waals surface area (Å²) in [5.41, 5.74) is 9.96. The van der Waals surface area contributed by atoms with Crippen molar-refractivity contribution in [2.24, 2.45) is 10.7 Å². The van der Waals surface area contributed by atoms with Crippen molar-refractivity contribution in [1.29, 1.82) is 0 Å². The molecule has 1 aliphatic heterocycles. The van der Waals surface area contributed by atoms with Crippen molar-refractivity contribution in [3.05, 3.63) is 95.5 Å². The molecule has 1 fully saturated rings. The number of hydrogen-bond donors (Lipinski definition) is 1. The van der Waals surface area contributed by atoms with Crippen LogP contribution in [0.1, 0.15) is 82.0 Å². The van der Waals surface area contributed by atoms with Crippen LogP contribution in [0.3, 0.4) is 0 Å². The lowest BCUT2D eigenvalue weighted by Gasteiger charge is -2.26. The summed E-state index contributed by atoms with van der Waals surface area (Å²) in [6.07, 6.45) is 8.62. The number of anilines is 3. The van der Waals surface area contributed by atoms with Gasteiger partial charge in [0, 0.05) is 18.0 Å². The molecule has 1 aromatic heterocycles. The molecule has 2 N–H and O–H groups in total. The van der Waals surface area contributed by atoms with Gasteiger partial charge in [-0.15, -0.1) is 0 Å². The van der Waals surface area contributed by atoms with Gasteiger partial charge in [-0.05, 0) is 92.1 Å². The van der Waals surface area contributed by atoms with E-state index in [0.717, 1.165) is 61.7 Å². The molecule has 1 unspecified atom stereocenters. The zero-order valence-corrected chi connectivity index (χ0v) is 26.0. The number of aryl methyl sites for hydroxylation is 2. The number of nitrogens with zero attached hydrogens (tertiary/aromatic N) is 3. The van der Waals surface area contributed by atoms with Crippen LogP contribution in [0.2, 0.25) is 0 Å². The number of allylic oxidation sites excluding steroid dienone is 2. The number of pyridine rings is 1. The highest BCUT2D eigenvalue weighted by molar-refractivity contribution is 6.08. The number of halogens is 3. The predicted octanol–water partition coefficient (Wildman–Crippen LogP) is 9.39. The molecule has 8 heteroatoms. The van der Waals surface area contributed by atoms with E-state index in [1.54, 1.807) is 12.3 Å². The number of hydrogen-bond acceptors (Lipinski definition) is 5. The van der Waals surface area contributed by atoms with Crippen LogP contribution in [0.4, 0.5) is 30.2 Å². The fourth-order valence-electron chi connectivity index (χ4n) is 5.33. The number of ether oxygens (including phenoxy) is 1. The number of aliphatic imine (C=N–C) groups is 1. The number of aromatic nitrogens is 1. The third kappa shape index (κ3) is 9.68. The number of unbranched alkanes of at least 4 members (excludes halogenated alkanes) is 4. The van der Waals surface area contributed by atoms with Gasteiger partial charge in [-0.3, -0.25) is 9.98 Å². The second-order valence-electron chi connectivity index (χ2n) is 11.5. The summed E-state index contributed by atoms with van der Waals surface area (Å²) in [6.45, 7) is 5.40. The van der Waals surface area contributed by atoms with E-state index in [0.29, 0.717) is 18.9 Å². The summed E-state index contributed by atoms with van der Waals surface area (Å²) in [5, 5.41) is 0. The molecule has 2 aromatic carbocycles. The van der Waals surface area contributed by atoms with Gasteiger partial charge in [-0.25, -0.2) is 0 Å². The van der Waals surface area contributed by atoms with Crippen molar-refractivity contribution in [3.63, 3.8) is 0 Å². The lowest BCUT2D eigenvalue weighted by molar-refractivity contribution is -0.0925. The van der Waals surface area contributed by atoms with Crippen LogP contribution in [0, 0.1) is 0 Å². The first kappa shape index (κ1) is 33.2. The average Bonchev–Trinajstić information content (AvgIpc) is 3.03. The van der Waals surface area contributed by atoms with Crippen LogP contribution >= 0.6 is 0 Å². The second kappa shape index (κ2) is 16.4. The third-order valence-corrected chi connectivity index (χ3v) is 7.87. The van der Waals surface area contributed by atoms with Crippen LogP contribution < -0.4 is 10.6 Å². The molecular weight excluding hydrogens is 561 g/mol. The fraction of sp³-hybridized carbons (Fsp3) is 0.444. The van der Waals surface area contributed by atoms with Gasteiger partial charge in [0.15, 0.2) is 0 Å². The van der Waals surface area contributed by atoms with Crippen LogP contribution in [0.5, 0.6) is 0 Å². The second-order valence-corrected chi connectivity index (χ2v) is 11.5. The Morgan fingerprint density at radius 2 is 1.45 bits per heavy atom. The summed E-state index contributed by atoms with van der Waals surface area (Å²) >= 11 is 0. The molecule has 0 bridgehead atoms. The predicted molar refractivity (Wildman–Crippen MR) is 174 cm³/mol. The van der Waals surface area contributed by atoms with E-state index in [9.17, 15) is 13.2 Å². The zero-order chi connectivity index (χ0) is 31.4. The van der Waals surface area contributed by atoms with Gasteiger partial charge in [-0.1, -0.05) is 63.8 Å². The van der Waals surface area contributed by atoms with Gasteiger partial charge < -0.3 is 15.4 Å². The Bertz CT molecular complexity index is 1290. The molecule has 1 aliphatic rings. The SMILES string of the molecule is CCCCCc1ccc(N(c2ccc(CCCCC)cc2)c2ccc(C(C=C(N)C(F)(F)F)=NC3CCCOC3)nc2)cc1. The molecule has 0 amide bonds. The van der Waals surface area contributed by atoms with E-state index < -0.39 is 11.9 Å². The van der Waals surface area contributed by atoms with Gasteiger partial charge in [0.25, 0.3) is 0 Å². The Labute approximate surface area is 260 Å². The quantitative estimate of drug-likeness (QED) is 0.147. The molecule has 0 aliphatic carbocycles. The Kier molecular flexibility index (Phi) is 12.4. The van der Waals surface area contributed by atoms with Crippen molar-refractivity contribution in [1.82, 2.24) is 4.98 Å². The van der Waals surface area contributed by atoms with Crippen LogP contribution in [-0.4, -0.2) is 36.1 Å². The molecular formula is C36H45F3N4O. The minimum atomic E-state index is -4.66. The molecule has 5 nitrogen and oxygen atoms in total. The summed E-state index contributed by atoms with van der Waals surface area (Å²) < 4.78 is 45.6. The van der Waals surface area contributed by atoms with E-state index in [4.69, 9.17) is 10.5 Å². The molecule has 4 rings (SSSR count). The minimum absolute atomic E-state index is 0.0984.